The summed E-state index contributed by atoms with van der Waals surface area (Å²) in [7, 11) is 0. The van der Waals surface area contributed by atoms with E-state index < -0.39 is 18.1 Å². The number of likely N-dealkylation sites (tertiary alicyclic amines) is 1. The monoisotopic (exact) mass is 374 g/mol. The van der Waals surface area contributed by atoms with Crippen LogP contribution in [0.3, 0.4) is 0 Å². The summed E-state index contributed by atoms with van der Waals surface area (Å²) in [6.45, 7) is 1.60. The number of amides is 3. The Morgan fingerprint density at radius 1 is 1.26 bits per heavy atom. The van der Waals surface area contributed by atoms with E-state index in [1.165, 1.54) is 4.90 Å². The fourth-order valence-electron chi connectivity index (χ4n) is 4.38. The molecule has 0 aromatic heterocycles. The summed E-state index contributed by atoms with van der Waals surface area (Å²) < 4.78 is 13.8. The average Bonchev–Trinajstić information content (AvgIpc) is 3.16. The molecule has 1 unspecified atom stereocenters. The summed E-state index contributed by atoms with van der Waals surface area (Å²) in [5.74, 6) is -0.915. The number of piperidine rings is 1. The Bertz CT molecular complexity index is 799. The third kappa shape index (κ3) is 3.23. The highest BCUT2D eigenvalue weighted by Crippen LogP contribution is 2.31. The summed E-state index contributed by atoms with van der Waals surface area (Å²) in [6, 6.07) is 4.89. The van der Waals surface area contributed by atoms with Crippen molar-refractivity contribution < 1.29 is 18.8 Å². The number of imide groups is 1. The van der Waals surface area contributed by atoms with Gasteiger partial charge in [-0.2, -0.15) is 0 Å². The minimum absolute atomic E-state index is 0.000742. The van der Waals surface area contributed by atoms with Crippen molar-refractivity contribution in [1.29, 1.82) is 0 Å². The van der Waals surface area contributed by atoms with Crippen LogP contribution in [-0.4, -0.2) is 58.9 Å². The van der Waals surface area contributed by atoms with E-state index in [9.17, 15) is 18.8 Å². The molecule has 3 atom stereocenters. The van der Waals surface area contributed by atoms with Gasteiger partial charge in [-0.3, -0.25) is 24.6 Å². The summed E-state index contributed by atoms with van der Waals surface area (Å²) in [5.41, 5.74) is 8.20. The zero-order valence-corrected chi connectivity index (χ0v) is 15.0. The third-order valence-corrected chi connectivity index (χ3v) is 5.80. The summed E-state index contributed by atoms with van der Waals surface area (Å²) >= 11 is 0. The number of benzene rings is 1. The van der Waals surface area contributed by atoms with Crippen molar-refractivity contribution in [2.45, 2.75) is 50.6 Å². The van der Waals surface area contributed by atoms with Crippen molar-refractivity contribution in [3.05, 3.63) is 34.9 Å². The Hall–Kier alpha value is -2.32. The molecule has 8 heteroatoms. The SMILES string of the molecule is NC[C@@H]1C[C@H](F)CN1Cc1cccc2c1CN(C1CCC(=O)NC1=O)C2=O. The maximum Gasteiger partial charge on any atom is 0.255 e. The molecule has 3 N–H and O–H groups in total. The van der Waals surface area contributed by atoms with Gasteiger partial charge < -0.3 is 10.6 Å². The first kappa shape index (κ1) is 18.1. The average molecular weight is 374 g/mol. The zero-order chi connectivity index (χ0) is 19.1. The van der Waals surface area contributed by atoms with Gasteiger partial charge in [0.2, 0.25) is 11.8 Å². The number of fused-ring (bicyclic) bond motifs is 1. The van der Waals surface area contributed by atoms with Crippen LogP contribution >= 0.6 is 0 Å². The largest absolute Gasteiger partial charge is 0.329 e. The molecule has 3 amide bonds. The molecule has 1 aromatic rings. The fourth-order valence-corrected chi connectivity index (χ4v) is 4.38. The van der Waals surface area contributed by atoms with Crippen molar-refractivity contribution in [2.75, 3.05) is 13.1 Å². The van der Waals surface area contributed by atoms with Crippen LogP contribution < -0.4 is 11.1 Å². The van der Waals surface area contributed by atoms with E-state index in [-0.39, 0.29) is 24.3 Å². The van der Waals surface area contributed by atoms with Gasteiger partial charge >= 0.3 is 0 Å². The number of alkyl halides is 1. The first-order valence-electron chi connectivity index (χ1n) is 9.31. The summed E-state index contributed by atoms with van der Waals surface area (Å²) in [4.78, 5) is 40.0. The Morgan fingerprint density at radius 2 is 2.07 bits per heavy atom. The molecule has 0 saturated carbocycles. The maximum atomic E-state index is 13.8. The minimum atomic E-state index is -0.878. The van der Waals surface area contributed by atoms with E-state index in [4.69, 9.17) is 5.73 Å². The molecule has 2 saturated heterocycles. The number of carbonyl (C=O) groups is 3. The van der Waals surface area contributed by atoms with Gasteiger partial charge in [0.05, 0.1) is 0 Å². The second-order valence-corrected chi connectivity index (χ2v) is 7.50. The van der Waals surface area contributed by atoms with Crippen LogP contribution in [0.25, 0.3) is 0 Å². The topological polar surface area (TPSA) is 95.7 Å². The van der Waals surface area contributed by atoms with Gasteiger partial charge in [0.15, 0.2) is 0 Å². The van der Waals surface area contributed by atoms with Crippen LogP contribution in [0.4, 0.5) is 4.39 Å². The molecule has 27 heavy (non-hydrogen) atoms. The molecular weight excluding hydrogens is 351 g/mol. The highest BCUT2D eigenvalue weighted by Gasteiger charge is 2.40. The Kier molecular flexibility index (Phi) is 4.69. The van der Waals surface area contributed by atoms with E-state index in [1.807, 2.05) is 17.0 Å². The number of rotatable bonds is 4. The van der Waals surface area contributed by atoms with Crippen LogP contribution in [-0.2, 0) is 22.7 Å². The molecule has 3 heterocycles. The van der Waals surface area contributed by atoms with E-state index in [2.05, 4.69) is 5.32 Å². The Labute approximate surface area is 156 Å². The van der Waals surface area contributed by atoms with Gasteiger partial charge in [-0.05, 0) is 30.0 Å². The van der Waals surface area contributed by atoms with Crippen molar-refractivity contribution >= 4 is 17.7 Å². The van der Waals surface area contributed by atoms with Gasteiger partial charge in [-0.25, -0.2) is 4.39 Å². The normalized spacial score (nSPS) is 28.6. The van der Waals surface area contributed by atoms with Crippen LogP contribution in [0.1, 0.15) is 40.7 Å². The Balaban J connectivity index is 1.56. The molecule has 0 radical (unpaired) electrons. The molecule has 7 nitrogen and oxygen atoms in total. The van der Waals surface area contributed by atoms with Gasteiger partial charge in [-0.1, -0.05) is 12.1 Å². The van der Waals surface area contributed by atoms with Crippen molar-refractivity contribution in [1.82, 2.24) is 15.1 Å². The number of halogens is 1. The van der Waals surface area contributed by atoms with Crippen molar-refractivity contribution in [3.8, 4) is 0 Å². The molecule has 0 bridgehead atoms. The van der Waals surface area contributed by atoms with Gasteiger partial charge in [-0.15, -0.1) is 0 Å². The Morgan fingerprint density at radius 3 is 2.81 bits per heavy atom. The van der Waals surface area contributed by atoms with Crippen molar-refractivity contribution in [3.63, 3.8) is 0 Å². The van der Waals surface area contributed by atoms with E-state index in [1.54, 1.807) is 6.07 Å². The van der Waals surface area contributed by atoms with Gasteiger partial charge in [0.25, 0.3) is 5.91 Å². The molecule has 0 aliphatic carbocycles. The lowest BCUT2D eigenvalue weighted by atomic mass is 10.0. The van der Waals surface area contributed by atoms with Crippen molar-refractivity contribution in [2.24, 2.45) is 5.73 Å². The quantitative estimate of drug-likeness (QED) is 0.740. The number of nitrogens with one attached hydrogen (secondary N) is 1. The lowest BCUT2D eigenvalue weighted by Gasteiger charge is -2.29. The summed E-state index contributed by atoms with van der Waals surface area (Å²) in [5, 5.41) is 2.31. The first-order chi connectivity index (χ1) is 13.0. The predicted molar refractivity (Wildman–Crippen MR) is 95.3 cm³/mol. The highest BCUT2D eigenvalue weighted by molar-refractivity contribution is 6.05. The second kappa shape index (κ2) is 7.01. The van der Waals surface area contributed by atoms with Crippen LogP contribution in [0.5, 0.6) is 0 Å². The van der Waals surface area contributed by atoms with Gasteiger partial charge in [0.1, 0.15) is 12.2 Å². The molecule has 144 valence electrons. The number of carbonyl (C=O) groups excluding carboxylic acids is 3. The molecule has 4 rings (SSSR count). The zero-order valence-electron chi connectivity index (χ0n) is 15.0. The lowest BCUT2D eigenvalue weighted by Crippen LogP contribution is -2.52. The molecule has 1 aromatic carbocycles. The first-order valence-corrected chi connectivity index (χ1v) is 9.31. The van der Waals surface area contributed by atoms with E-state index in [0.717, 1.165) is 11.1 Å². The fraction of sp³-hybridized carbons (Fsp3) is 0.526. The van der Waals surface area contributed by atoms with E-state index in [0.29, 0.717) is 44.6 Å². The predicted octanol–water partition coefficient (Wildman–Crippen LogP) is 0.319. The second-order valence-electron chi connectivity index (χ2n) is 7.50. The van der Waals surface area contributed by atoms with Crippen LogP contribution in [0.15, 0.2) is 18.2 Å². The standard InChI is InChI=1S/C19H23FN4O3/c20-12-6-13(7-21)23(9-12)8-11-2-1-3-14-15(11)10-24(19(14)27)16-4-5-17(25)22-18(16)26/h1-3,12-13,16H,4-10,21H2,(H,22,25,26)/t12-,13-,16?/m0/s1. The number of hydrogen-bond donors (Lipinski definition) is 2. The van der Waals surface area contributed by atoms with Crippen LogP contribution in [0.2, 0.25) is 0 Å². The molecular formula is C19H23FN4O3. The highest BCUT2D eigenvalue weighted by atomic mass is 19.1. The van der Waals surface area contributed by atoms with Crippen LogP contribution in [0, 0.1) is 0 Å². The third-order valence-electron chi connectivity index (χ3n) is 5.80. The lowest BCUT2D eigenvalue weighted by molar-refractivity contribution is -0.136. The molecule has 0 spiro atoms. The minimum Gasteiger partial charge on any atom is -0.329 e. The summed E-state index contributed by atoms with van der Waals surface area (Å²) in [6.07, 6.45) is 0.127. The number of hydrogen-bond acceptors (Lipinski definition) is 5. The maximum absolute atomic E-state index is 13.8. The van der Waals surface area contributed by atoms with Gasteiger partial charge in [0, 0.05) is 44.2 Å². The molecule has 3 aliphatic heterocycles. The smallest absolute Gasteiger partial charge is 0.255 e. The molecule has 3 aliphatic rings. The number of nitrogens with zero attached hydrogens (tertiary/aromatic N) is 2. The van der Waals surface area contributed by atoms with E-state index >= 15 is 0 Å². The molecule has 2 fully saturated rings. The number of nitrogens with two attached hydrogens (primary N) is 1.